The van der Waals surface area contributed by atoms with Gasteiger partial charge in [-0.2, -0.15) is 0 Å². The van der Waals surface area contributed by atoms with Crippen LogP contribution in [0, 0.1) is 0 Å². The summed E-state index contributed by atoms with van der Waals surface area (Å²) in [7, 11) is 1.55. The molecule has 6 nitrogen and oxygen atoms in total. The Balaban J connectivity index is 1.87. The zero-order chi connectivity index (χ0) is 17.4. The second-order valence-electron chi connectivity index (χ2n) is 5.21. The highest BCUT2D eigenvalue weighted by molar-refractivity contribution is 5.90. The SMILES string of the molecule is COc1ccc(CCNC(=O)Nc2ccccc2)cc1NC(C)=O. The molecule has 0 unspecified atom stereocenters. The minimum Gasteiger partial charge on any atom is -0.495 e. The Kier molecular flexibility index (Phi) is 6.19. The number of urea groups is 1. The minimum absolute atomic E-state index is 0.161. The molecule has 126 valence electrons. The van der Waals surface area contributed by atoms with Crippen molar-refractivity contribution in [2.75, 3.05) is 24.3 Å². The summed E-state index contributed by atoms with van der Waals surface area (Å²) in [5, 5.41) is 8.29. The standard InChI is InChI=1S/C18H21N3O3/c1-13(22)20-16-12-14(8-9-17(16)24-2)10-11-19-18(23)21-15-6-4-3-5-7-15/h3-9,12H,10-11H2,1-2H3,(H,20,22)(H2,19,21,23). The van der Waals surface area contributed by atoms with Crippen molar-refractivity contribution in [1.82, 2.24) is 5.32 Å². The molecule has 2 rings (SSSR count). The molecule has 2 aromatic rings. The summed E-state index contributed by atoms with van der Waals surface area (Å²) in [6, 6.07) is 14.5. The number of methoxy groups -OCH3 is 1. The van der Waals surface area contributed by atoms with E-state index in [1.54, 1.807) is 13.2 Å². The van der Waals surface area contributed by atoms with Gasteiger partial charge >= 0.3 is 6.03 Å². The van der Waals surface area contributed by atoms with E-state index in [0.29, 0.717) is 24.4 Å². The fourth-order valence-corrected chi connectivity index (χ4v) is 2.22. The maximum atomic E-state index is 11.8. The van der Waals surface area contributed by atoms with Gasteiger partial charge in [0.05, 0.1) is 12.8 Å². The second-order valence-corrected chi connectivity index (χ2v) is 5.21. The zero-order valence-corrected chi connectivity index (χ0v) is 13.8. The van der Waals surface area contributed by atoms with Crippen LogP contribution >= 0.6 is 0 Å². The molecule has 24 heavy (non-hydrogen) atoms. The molecule has 0 aliphatic carbocycles. The van der Waals surface area contributed by atoms with Crippen molar-refractivity contribution < 1.29 is 14.3 Å². The number of ether oxygens (including phenoxy) is 1. The van der Waals surface area contributed by atoms with Gasteiger partial charge in [-0.1, -0.05) is 24.3 Å². The molecule has 0 radical (unpaired) electrons. The molecule has 0 fully saturated rings. The van der Waals surface area contributed by atoms with Gasteiger partial charge in [0.1, 0.15) is 5.75 Å². The van der Waals surface area contributed by atoms with Crippen molar-refractivity contribution in [2.45, 2.75) is 13.3 Å². The van der Waals surface area contributed by atoms with Gasteiger partial charge in [0, 0.05) is 19.2 Å². The summed E-state index contributed by atoms with van der Waals surface area (Å²) >= 11 is 0. The fourth-order valence-electron chi connectivity index (χ4n) is 2.22. The Hall–Kier alpha value is -3.02. The Labute approximate surface area is 141 Å². The van der Waals surface area contributed by atoms with Crippen molar-refractivity contribution in [3.8, 4) is 5.75 Å². The van der Waals surface area contributed by atoms with Gasteiger partial charge in [-0.15, -0.1) is 0 Å². The maximum Gasteiger partial charge on any atom is 0.319 e. The number of benzene rings is 2. The van der Waals surface area contributed by atoms with E-state index in [2.05, 4.69) is 16.0 Å². The zero-order valence-electron chi connectivity index (χ0n) is 13.8. The Morgan fingerprint density at radius 2 is 1.79 bits per heavy atom. The molecule has 3 amide bonds. The predicted molar refractivity (Wildman–Crippen MR) is 94.5 cm³/mol. The third-order valence-electron chi connectivity index (χ3n) is 3.31. The van der Waals surface area contributed by atoms with Crippen LogP contribution < -0.4 is 20.7 Å². The van der Waals surface area contributed by atoms with Crippen molar-refractivity contribution in [1.29, 1.82) is 0 Å². The Morgan fingerprint density at radius 3 is 2.46 bits per heavy atom. The highest BCUT2D eigenvalue weighted by Crippen LogP contribution is 2.25. The molecule has 0 saturated heterocycles. The van der Waals surface area contributed by atoms with Gasteiger partial charge in [0.15, 0.2) is 0 Å². The van der Waals surface area contributed by atoms with Crippen LogP contribution in [0.3, 0.4) is 0 Å². The van der Waals surface area contributed by atoms with Crippen LogP contribution in [0.5, 0.6) is 5.75 Å². The summed E-state index contributed by atoms with van der Waals surface area (Å²) in [5.74, 6) is 0.439. The molecule has 0 aromatic heterocycles. The molecule has 0 aliphatic heterocycles. The summed E-state index contributed by atoms with van der Waals surface area (Å²) in [5.41, 5.74) is 2.35. The second kappa shape index (κ2) is 8.57. The van der Waals surface area contributed by atoms with Crippen molar-refractivity contribution in [2.24, 2.45) is 0 Å². The van der Waals surface area contributed by atoms with Crippen LogP contribution in [-0.4, -0.2) is 25.6 Å². The molecule has 0 atom stereocenters. The van der Waals surface area contributed by atoms with Crippen LogP contribution in [0.1, 0.15) is 12.5 Å². The average Bonchev–Trinajstić information content (AvgIpc) is 2.55. The highest BCUT2D eigenvalue weighted by Gasteiger charge is 2.07. The van der Waals surface area contributed by atoms with Crippen LogP contribution in [0.2, 0.25) is 0 Å². The molecule has 0 spiro atoms. The van der Waals surface area contributed by atoms with Gasteiger partial charge in [-0.3, -0.25) is 4.79 Å². The van der Waals surface area contributed by atoms with Crippen LogP contribution in [0.4, 0.5) is 16.2 Å². The van der Waals surface area contributed by atoms with Gasteiger partial charge < -0.3 is 20.7 Å². The molecular weight excluding hydrogens is 306 g/mol. The van der Waals surface area contributed by atoms with Crippen LogP contribution in [-0.2, 0) is 11.2 Å². The molecule has 6 heteroatoms. The van der Waals surface area contributed by atoms with Crippen molar-refractivity contribution in [3.63, 3.8) is 0 Å². The third kappa shape index (κ3) is 5.31. The first-order valence-corrected chi connectivity index (χ1v) is 7.63. The average molecular weight is 327 g/mol. The summed E-state index contributed by atoms with van der Waals surface area (Å²) in [4.78, 5) is 23.1. The molecule has 0 saturated carbocycles. The first-order valence-electron chi connectivity index (χ1n) is 7.63. The van der Waals surface area contributed by atoms with Crippen LogP contribution in [0.15, 0.2) is 48.5 Å². The number of carbonyl (C=O) groups is 2. The van der Waals surface area contributed by atoms with E-state index in [0.717, 1.165) is 11.3 Å². The molecular formula is C18H21N3O3. The normalized spacial score (nSPS) is 9.92. The molecule has 0 heterocycles. The number of nitrogens with one attached hydrogen (secondary N) is 3. The van der Waals surface area contributed by atoms with Crippen molar-refractivity contribution >= 4 is 23.3 Å². The van der Waals surface area contributed by atoms with Gasteiger partial charge in [0.25, 0.3) is 0 Å². The van der Waals surface area contributed by atoms with E-state index >= 15 is 0 Å². The maximum absolute atomic E-state index is 11.8. The van der Waals surface area contributed by atoms with Gasteiger partial charge in [0.2, 0.25) is 5.91 Å². The summed E-state index contributed by atoms with van der Waals surface area (Å²) < 4.78 is 5.22. The van der Waals surface area contributed by atoms with Crippen LogP contribution in [0.25, 0.3) is 0 Å². The third-order valence-corrected chi connectivity index (χ3v) is 3.31. The Morgan fingerprint density at radius 1 is 1.04 bits per heavy atom. The lowest BCUT2D eigenvalue weighted by Crippen LogP contribution is -2.30. The quantitative estimate of drug-likeness (QED) is 0.763. The topological polar surface area (TPSA) is 79.5 Å². The number of hydrogen-bond acceptors (Lipinski definition) is 3. The van der Waals surface area contributed by atoms with E-state index in [1.807, 2.05) is 42.5 Å². The molecule has 0 aliphatic rings. The number of carbonyl (C=O) groups excluding carboxylic acids is 2. The minimum atomic E-state index is -0.253. The van der Waals surface area contributed by atoms with E-state index in [9.17, 15) is 9.59 Å². The summed E-state index contributed by atoms with van der Waals surface area (Å²) in [6.07, 6.45) is 0.638. The lowest BCUT2D eigenvalue weighted by atomic mass is 10.1. The monoisotopic (exact) mass is 327 g/mol. The number of anilines is 2. The largest absolute Gasteiger partial charge is 0.495 e. The Bertz CT molecular complexity index is 702. The molecule has 2 aromatic carbocycles. The predicted octanol–water partition coefficient (Wildman–Crippen LogP) is 3.02. The number of hydrogen-bond donors (Lipinski definition) is 3. The lowest BCUT2D eigenvalue weighted by Gasteiger charge is -2.12. The van der Waals surface area contributed by atoms with E-state index in [1.165, 1.54) is 6.92 Å². The lowest BCUT2D eigenvalue weighted by molar-refractivity contribution is -0.114. The van der Waals surface area contributed by atoms with Crippen molar-refractivity contribution in [3.05, 3.63) is 54.1 Å². The summed E-state index contributed by atoms with van der Waals surface area (Å²) in [6.45, 7) is 1.92. The number of amides is 3. The van der Waals surface area contributed by atoms with E-state index < -0.39 is 0 Å². The highest BCUT2D eigenvalue weighted by atomic mass is 16.5. The first-order chi connectivity index (χ1) is 11.6. The van der Waals surface area contributed by atoms with E-state index in [4.69, 9.17) is 4.74 Å². The van der Waals surface area contributed by atoms with E-state index in [-0.39, 0.29) is 11.9 Å². The van der Waals surface area contributed by atoms with Gasteiger partial charge in [-0.05, 0) is 36.2 Å². The first kappa shape index (κ1) is 17.3. The molecule has 3 N–H and O–H groups in total. The number of para-hydroxylation sites is 1. The molecule has 0 bridgehead atoms. The smallest absolute Gasteiger partial charge is 0.319 e. The van der Waals surface area contributed by atoms with Gasteiger partial charge in [-0.25, -0.2) is 4.79 Å². The number of rotatable bonds is 6. The fraction of sp³-hybridized carbons (Fsp3) is 0.222.